The summed E-state index contributed by atoms with van der Waals surface area (Å²) in [6.07, 6.45) is 1.64. The second-order valence-corrected chi connectivity index (χ2v) is 4.01. The van der Waals surface area contributed by atoms with Gasteiger partial charge in [0.15, 0.2) is 11.1 Å². The normalized spacial score (nSPS) is 11.8. The standard InChI is InChI=1S/C11H12O4S/c1-2-7-15-11(12)8-9-3-5-10(6-4-9)16(13)14/h2-6H,1,7-8H2,(H,13,14). The summed E-state index contributed by atoms with van der Waals surface area (Å²) in [5, 5.41) is 0. The molecule has 0 saturated heterocycles. The van der Waals surface area contributed by atoms with Gasteiger partial charge < -0.3 is 9.29 Å². The first kappa shape index (κ1) is 12.6. The third-order valence-electron chi connectivity index (χ3n) is 1.84. The molecule has 16 heavy (non-hydrogen) atoms. The molecule has 1 atom stereocenters. The van der Waals surface area contributed by atoms with E-state index in [1.54, 1.807) is 12.1 Å². The summed E-state index contributed by atoms with van der Waals surface area (Å²) in [5.74, 6) is -0.349. The van der Waals surface area contributed by atoms with Crippen molar-refractivity contribution in [2.45, 2.75) is 11.3 Å². The molecule has 0 aromatic heterocycles. The van der Waals surface area contributed by atoms with Crippen LogP contribution in [0.25, 0.3) is 0 Å². The molecule has 5 heteroatoms. The maximum Gasteiger partial charge on any atom is 0.310 e. The molecule has 0 aliphatic carbocycles. The van der Waals surface area contributed by atoms with Crippen molar-refractivity contribution >= 4 is 17.0 Å². The zero-order chi connectivity index (χ0) is 12.0. The number of rotatable bonds is 5. The highest BCUT2D eigenvalue weighted by Gasteiger charge is 2.05. The van der Waals surface area contributed by atoms with Gasteiger partial charge in [0, 0.05) is 0 Å². The lowest BCUT2D eigenvalue weighted by molar-refractivity contribution is -0.141. The molecule has 86 valence electrons. The number of hydrogen-bond acceptors (Lipinski definition) is 3. The first-order chi connectivity index (χ1) is 7.63. The summed E-state index contributed by atoms with van der Waals surface area (Å²) in [6.45, 7) is 3.62. The van der Waals surface area contributed by atoms with E-state index < -0.39 is 11.1 Å². The van der Waals surface area contributed by atoms with Crippen molar-refractivity contribution in [3.05, 3.63) is 42.5 Å². The van der Waals surface area contributed by atoms with Crippen LogP contribution in [0, 0.1) is 0 Å². The first-order valence-electron chi connectivity index (χ1n) is 4.60. The predicted octanol–water partition coefficient (Wildman–Crippen LogP) is 1.54. The van der Waals surface area contributed by atoms with Gasteiger partial charge in [-0.2, -0.15) is 0 Å². The molecule has 0 fully saturated rings. The zero-order valence-corrected chi connectivity index (χ0v) is 9.40. The van der Waals surface area contributed by atoms with Crippen molar-refractivity contribution < 1.29 is 18.3 Å². The molecule has 1 aromatic rings. The van der Waals surface area contributed by atoms with Crippen molar-refractivity contribution in [3.63, 3.8) is 0 Å². The molecule has 0 aliphatic heterocycles. The topological polar surface area (TPSA) is 63.6 Å². The number of esters is 1. The van der Waals surface area contributed by atoms with Gasteiger partial charge in [0.1, 0.15) is 6.61 Å². The minimum atomic E-state index is -1.98. The Morgan fingerprint density at radius 3 is 2.56 bits per heavy atom. The Kier molecular flexibility index (Phi) is 4.88. The fraction of sp³-hybridized carbons (Fsp3) is 0.182. The second-order valence-electron chi connectivity index (χ2n) is 3.04. The van der Waals surface area contributed by atoms with Crippen LogP contribution in [0.2, 0.25) is 0 Å². The van der Waals surface area contributed by atoms with Crippen LogP contribution in [0.3, 0.4) is 0 Å². The van der Waals surface area contributed by atoms with Crippen LogP contribution in [0.5, 0.6) is 0 Å². The fourth-order valence-corrected chi connectivity index (χ4v) is 1.46. The van der Waals surface area contributed by atoms with E-state index in [1.165, 1.54) is 18.2 Å². The number of hydrogen-bond donors (Lipinski definition) is 1. The van der Waals surface area contributed by atoms with Crippen molar-refractivity contribution in [2.24, 2.45) is 0 Å². The lowest BCUT2D eigenvalue weighted by Gasteiger charge is -2.02. The molecule has 0 amide bonds. The van der Waals surface area contributed by atoms with Crippen molar-refractivity contribution in [2.75, 3.05) is 6.61 Å². The van der Waals surface area contributed by atoms with Crippen LogP contribution in [-0.4, -0.2) is 21.3 Å². The molecule has 0 aliphatic rings. The van der Waals surface area contributed by atoms with Gasteiger partial charge in [0.05, 0.1) is 11.3 Å². The number of carbonyl (C=O) groups excluding carboxylic acids is 1. The van der Waals surface area contributed by atoms with Crippen LogP contribution in [0.4, 0.5) is 0 Å². The molecular weight excluding hydrogens is 228 g/mol. The Labute approximate surface area is 96.2 Å². The summed E-state index contributed by atoms with van der Waals surface area (Å²) in [6, 6.07) is 6.26. The predicted molar refractivity (Wildman–Crippen MR) is 60.3 cm³/mol. The lowest BCUT2D eigenvalue weighted by atomic mass is 10.1. The molecule has 0 spiro atoms. The van der Waals surface area contributed by atoms with Crippen molar-refractivity contribution in [1.29, 1.82) is 0 Å². The Morgan fingerprint density at radius 2 is 2.06 bits per heavy atom. The zero-order valence-electron chi connectivity index (χ0n) is 8.59. The average Bonchev–Trinajstić information content (AvgIpc) is 2.27. The highest BCUT2D eigenvalue weighted by molar-refractivity contribution is 7.79. The van der Waals surface area contributed by atoms with Gasteiger partial charge in [0.2, 0.25) is 0 Å². The Balaban J connectivity index is 2.58. The van der Waals surface area contributed by atoms with Gasteiger partial charge >= 0.3 is 5.97 Å². The molecule has 1 unspecified atom stereocenters. The molecule has 0 saturated carbocycles. The van der Waals surface area contributed by atoms with E-state index in [1.807, 2.05) is 0 Å². The molecule has 1 N–H and O–H groups in total. The second kappa shape index (κ2) is 6.19. The summed E-state index contributed by atoms with van der Waals surface area (Å²) in [4.78, 5) is 11.5. The summed E-state index contributed by atoms with van der Waals surface area (Å²) < 4.78 is 24.3. The molecule has 0 radical (unpaired) electrons. The average molecular weight is 240 g/mol. The Morgan fingerprint density at radius 1 is 1.44 bits per heavy atom. The largest absolute Gasteiger partial charge is 0.461 e. The van der Waals surface area contributed by atoms with Crippen LogP contribution in [0.15, 0.2) is 41.8 Å². The third-order valence-corrected chi connectivity index (χ3v) is 2.51. The SMILES string of the molecule is C=CCOC(=O)Cc1ccc(S(=O)O)cc1. The summed E-state index contributed by atoms with van der Waals surface area (Å²) in [5.41, 5.74) is 0.739. The molecule has 0 heterocycles. The van der Waals surface area contributed by atoms with E-state index in [2.05, 4.69) is 6.58 Å². The smallest absolute Gasteiger partial charge is 0.310 e. The number of ether oxygens (including phenoxy) is 1. The first-order valence-corrected chi connectivity index (χ1v) is 5.70. The van der Waals surface area contributed by atoms with Crippen LogP contribution in [-0.2, 0) is 27.0 Å². The van der Waals surface area contributed by atoms with Gasteiger partial charge in [-0.1, -0.05) is 24.8 Å². The van der Waals surface area contributed by atoms with E-state index >= 15 is 0 Å². The third kappa shape index (κ3) is 3.96. The minimum absolute atomic E-state index is 0.145. The van der Waals surface area contributed by atoms with E-state index in [0.29, 0.717) is 4.90 Å². The fourth-order valence-electron chi connectivity index (χ4n) is 1.09. The van der Waals surface area contributed by atoms with Crippen LogP contribution >= 0.6 is 0 Å². The van der Waals surface area contributed by atoms with Gasteiger partial charge in [-0.3, -0.25) is 4.79 Å². The molecule has 0 bridgehead atoms. The van der Waals surface area contributed by atoms with Crippen molar-refractivity contribution in [3.8, 4) is 0 Å². The van der Waals surface area contributed by atoms with E-state index in [0.717, 1.165) is 5.56 Å². The Hall–Kier alpha value is -1.46. The molecular formula is C11H12O4S. The monoisotopic (exact) mass is 240 g/mol. The highest BCUT2D eigenvalue weighted by Crippen LogP contribution is 2.08. The lowest BCUT2D eigenvalue weighted by Crippen LogP contribution is -2.07. The molecule has 4 nitrogen and oxygen atoms in total. The quantitative estimate of drug-likeness (QED) is 0.481. The van der Waals surface area contributed by atoms with Crippen LogP contribution < -0.4 is 0 Å². The van der Waals surface area contributed by atoms with Gasteiger partial charge in [-0.05, 0) is 17.7 Å². The van der Waals surface area contributed by atoms with E-state index in [-0.39, 0.29) is 19.0 Å². The highest BCUT2D eigenvalue weighted by atomic mass is 32.2. The summed E-state index contributed by atoms with van der Waals surface area (Å²) >= 11 is -1.98. The molecule has 1 rings (SSSR count). The van der Waals surface area contributed by atoms with Crippen molar-refractivity contribution in [1.82, 2.24) is 0 Å². The van der Waals surface area contributed by atoms with Gasteiger partial charge in [-0.25, -0.2) is 4.21 Å². The van der Waals surface area contributed by atoms with E-state index in [9.17, 15) is 9.00 Å². The maximum absolute atomic E-state index is 11.2. The maximum atomic E-state index is 11.2. The minimum Gasteiger partial charge on any atom is -0.461 e. The summed E-state index contributed by atoms with van der Waals surface area (Å²) in [7, 11) is 0. The van der Waals surface area contributed by atoms with E-state index in [4.69, 9.17) is 9.29 Å². The van der Waals surface area contributed by atoms with Gasteiger partial charge in [0.25, 0.3) is 0 Å². The molecule has 1 aromatic carbocycles. The van der Waals surface area contributed by atoms with Crippen LogP contribution in [0.1, 0.15) is 5.56 Å². The number of carbonyl (C=O) groups is 1. The van der Waals surface area contributed by atoms with Gasteiger partial charge in [-0.15, -0.1) is 0 Å². The Bertz CT molecular complexity index is 397. The number of benzene rings is 1.